The molecular weight excluding hydrogens is 348 g/mol. The Morgan fingerprint density at radius 3 is 2.48 bits per heavy atom. The number of ether oxygens (including phenoxy) is 2. The van der Waals surface area contributed by atoms with E-state index in [1.165, 1.54) is 6.42 Å². The molecule has 7 heteroatoms. The zero-order chi connectivity index (χ0) is 20.1. The molecule has 1 aromatic rings. The summed E-state index contributed by atoms with van der Waals surface area (Å²) in [7, 11) is 0. The first-order valence-electron chi connectivity index (χ1n) is 9.63. The van der Waals surface area contributed by atoms with Crippen molar-refractivity contribution in [2.24, 2.45) is 5.92 Å². The fourth-order valence-corrected chi connectivity index (χ4v) is 3.57. The molecule has 27 heavy (non-hydrogen) atoms. The largest absolute Gasteiger partial charge is 0.462 e. The van der Waals surface area contributed by atoms with Crippen LogP contribution in [0, 0.1) is 19.8 Å². The van der Waals surface area contributed by atoms with E-state index in [2.05, 4.69) is 17.2 Å². The number of aryl methyl sites for hydroxylation is 1. The SMILES string of the molecule is CCOC(=O)c1c(C)[nH]c(C(=O)O[C@@H](C)C(=O)N[C@@H]2CCCC[C@@H]2C)c1C. The van der Waals surface area contributed by atoms with Gasteiger partial charge in [0.05, 0.1) is 12.2 Å². The number of aromatic amines is 1. The lowest BCUT2D eigenvalue weighted by Crippen LogP contribution is -2.46. The average Bonchev–Trinajstić information content (AvgIpc) is 2.91. The van der Waals surface area contributed by atoms with Crippen LogP contribution in [0.1, 0.15) is 78.6 Å². The van der Waals surface area contributed by atoms with Crippen molar-refractivity contribution in [2.75, 3.05) is 6.61 Å². The molecule has 0 radical (unpaired) electrons. The van der Waals surface area contributed by atoms with Crippen molar-refractivity contribution in [2.45, 2.75) is 72.4 Å². The van der Waals surface area contributed by atoms with Gasteiger partial charge in [-0.2, -0.15) is 0 Å². The molecule has 1 fully saturated rings. The second-order valence-electron chi connectivity index (χ2n) is 7.27. The molecule has 0 spiro atoms. The minimum absolute atomic E-state index is 0.122. The van der Waals surface area contributed by atoms with Crippen LogP contribution in [0.25, 0.3) is 0 Å². The fourth-order valence-electron chi connectivity index (χ4n) is 3.57. The average molecular weight is 378 g/mol. The molecule has 3 atom stereocenters. The Morgan fingerprint density at radius 2 is 1.85 bits per heavy atom. The van der Waals surface area contributed by atoms with Gasteiger partial charge in [-0.25, -0.2) is 9.59 Å². The van der Waals surface area contributed by atoms with E-state index in [4.69, 9.17) is 9.47 Å². The molecule has 0 aliphatic heterocycles. The Kier molecular flexibility index (Phi) is 7.05. The van der Waals surface area contributed by atoms with E-state index in [-0.39, 0.29) is 24.2 Å². The molecule has 2 rings (SSSR count). The molecule has 150 valence electrons. The molecule has 0 unspecified atom stereocenters. The van der Waals surface area contributed by atoms with Crippen LogP contribution in [0.2, 0.25) is 0 Å². The van der Waals surface area contributed by atoms with Crippen LogP contribution in [0.5, 0.6) is 0 Å². The van der Waals surface area contributed by atoms with Gasteiger partial charge in [-0.3, -0.25) is 4.79 Å². The number of carbonyl (C=O) groups excluding carboxylic acids is 3. The summed E-state index contributed by atoms with van der Waals surface area (Å²) in [6, 6.07) is 0.122. The molecule has 1 saturated carbocycles. The van der Waals surface area contributed by atoms with Gasteiger partial charge in [0.25, 0.3) is 5.91 Å². The van der Waals surface area contributed by atoms with E-state index in [0.29, 0.717) is 22.7 Å². The third-order valence-electron chi connectivity index (χ3n) is 5.21. The highest BCUT2D eigenvalue weighted by atomic mass is 16.5. The second kappa shape index (κ2) is 9.06. The predicted octanol–water partition coefficient (Wildman–Crippen LogP) is 3.05. The van der Waals surface area contributed by atoms with Crippen molar-refractivity contribution in [3.8, 4) is 0 Å². The van der Waals surface area contributed by atoms with Crippen molar-refractivity contribution in [1.29, 1.82) is 0 Å². The van der Waals surface area contributed by atoms with E-state index >= 15 is 0 Å². The molecule has 1 aliphatic carbocycles. The highest BCUT2D eigenvalue weighted by Crippen LogP contribution is 2.24. The van der Waals surface area contributed by atoms with E-state index < -0.39 is 18.0 Å². The summed E-state index contributed by atoms with van der Waals surface area (Å²) in [5, 5.41) is 2.99. The molecule has 1 aliphatic rings. The lowest BCUT2D eigenvalue weighted by molar-refractivity contribution is -0.130. The van der Waals surface area contributed by atoms with Crippen molar-refractivity contribution < 1.29 is 23.9 Å². The molecule has 0 saturated heterocycles. The number of carbonyl (C=O) groups is 3. The van der Waals surface area contributed by atoms with E-state index in [9.17, 15) is 14.4 Å². The smallest absolute Gasteiger partial charge is 0.355 e. The van der Waals surface area contributed by atoms with E-state index in [1.54, 1.807) is 27.7 Å². The Morgan fingerprint density at radius 1 is 1.19 bits per heavy atom. The summed E-state index contributed by atoms with van der Waals surface area (Å²) in [5.41, 5.74) is 1.49. The topological polar surface area (TPSA) is 97.5 Å². The van der Waals surface area contributed by atoms with Crippen LogP contribution in [0.3, 0.4) is 0 Å². The number of amides is 1. The first kappa shape index (κ1) is 21.0. The Bertz CT molecular complexity index is 709. The third kappa shape index (κ3) is 4.90. The van der Waals surface area contributed by atoms with Gasteiger partial charge in [0.2, 0.25) is 0 Å². The van der Waals surface area contributed by atoms with Crippen molar-refractivity contribution in [1.82, 2.24) is 10.3 Å². The van der Waals surface area contributed by atoms with Gasteiger partial charge in [-0.15, -0.1) is 0 Å². The van der Waals surface area contributed by atoms with Gasteiger partial charge in [0.1, 0.15) is 5.69 Å². The Labute approximate surface area is 160 Å². The zero-order valence-electron chi connectivity index (χ0n) is 16.8. The lowest BCUT2D eigenvalue weighted by Gasteiger charge is -2.30. The van der Waals surface area contributed by atoms with Gasteiger partial charge >= 0.3 is 11.9 Å². The van der Waals surface area contributed by atoms with E-state index in [0.717, 1.165) is 19.3 Å². The minimum atomic E-state index is -0.916. The number of aromatic nitrogens is 1. The molecular formula is C20H30N2O5. The summed E-state index contributed by atoms with van der Waals surface area (Å²) < 4.78 is 10.4. The van der Waals surface area contributed by atoms with Gasteiger partial charge < -0.3 is 19.8 Å². The van der Waals surface area contributed by atoms with Crippen LogP contribution in [0.15, 0.2) is 0 Å². The molecule has 1 heterocycles. The summed E-state index contributed by atoms with van der Waals surface area (Å²) in [5.74, 6) is -1.02. The fraction of sp³-hybridized carbons (Fsp3) is 0.650. The van der Waals surface area contributed by atoms with Crippen molar-refractivity contribution >= 4 is 17.8 Å². The first-order chi connectivity index (χ1) is 12.8. The second-order valence-corrected chi connectivity index (χ2v) is 7.27. The number of nitrogens with one attached hydrogen (secondary N) is 2. The minimum Gasteiger partial charge on any atom is -0.462 e. The van der Waals surface area contributed by atoms with Gasteiger partial charge in [0, 0.05) is 11.7 Å². The number of hydrogen-bond donors (Lipinski definition) is 2. The summed E-state index contributed by atoms with van der Waals surface area (Å²) in [4.78, 5) is 39.8. The maximum Gasteiger partial charge on any atom is 0.355 e. The maximum atomic E-state index is 12.5. The van der Waals surface area contributed by atoms with Crippen LogP contribution in [-0.2, 0) is 14.3 Å². The van der Waals surface area contributed by atoms with Crippen LogP contribution < -0.4 is 5.32 Å². The van der Waals surface area contributed by atoms with Crippen LogP contribution in [-0.4, -0.2) is 41.6 Å². The Balaban J connectivity index is 2.02. The van der Waals surface area contributed by atoms with Gasteiger partial charge in [-0.1, -0.05) is 19.8 Å². The molecule has 1 aromatic heterocycles. The summed E-state index contributed by atoms with van der Waals surface area (Å²) >= 11 is 0. The summed E-state index contributed by atoms with van der Waals surface area (Å²) in [6.45, 7) is 9.00. The lowest BCUT2D eigenvalue weighted by atomic mass is 9.86. The highest BCUT2D eigenvalue weighted by molar-refractivity contribution is 5.99. The number of H-pyrrole nitrogens is 1. The predicted molar refractivity (Wildman–Crippen MR) is 101 cm³/mol. The normalized spacial score (nSPS) is 20.6. The molecule has 1 amide bonds. The number of hydrogen-bond acceptors (Lipinski definition) is 5. The number of esters is 2. The molecule has 2 N–H and O–H groups in total. The van der Waals surface area contributed by atoms with Crippen molar-refractivity contribution in [3.05, 3.63) is 22.5 Å². The van der Waals surface area contributed by atoms with Crippen molar-refractivity contribution in [3.63, 3.8) is 0 Å². The maximum absolute atomic E-state index is 12.5. The molecule has 0 bridgehead atoms. The van der Waals surface area contributed by atoms with Gasteiger partial charge in [0.15, 0.2) is 6.10 Å². The standard InChI is InChI=1S/C20H30N2O5/c1-6-26-19(24)16-12(3)17(21-13(16)4)20(25)27-14(5)18(23)22-15-10-8-7-9-11(15)2/h11,14-15,21H,6-10H2,1-5H3,(H,22,23)/t11-,14-,15+/m0/s1. The third-order valence-corrected chi connectivity index (χ3v) is 5.21. The number of rotatable bonds is 6. The van der Waals surface area contributed by atoms with Crippen LogP contribution >= 0.6 is 0 Å². The Hall–Kier alpha value is -2.31. The van der Waals surface area contributed by atoms with E-state index in [1.807, 2.05) is 0 Å². The first-order valence-corrected chi connectivity index (χ1v) is 9.63. The van der Waals surface area contributed by atoms with Gasteiger partial charge in [-0.05, 0) is 52.0 Å². The molecule has 7 nitrogen and oxygen atoms in total. The molecule has 0 aromatic carbocycles. The monoisotopic (exact) mass is 378 g/mol. The highest BCUT2D eigenvalue weighted by Gasteiger charge is 2.29. The van der Waals surface area contributed by atoms with Crippen LogP contribution in [0.4, 0.5) is 0 Å². The summed E-state index contributed by atoms with van der Waals surface area (Å²) in [6.07, 6.45) is 3.41. The quantitative estimate of drug-likeness (QED) is 0.742. The zero-order valence-corrected chi connectivity index (χ0v) is 16.8.